The summed E-state index contributed by atoms with van der Waals surface area (Å²) in [5.74, 6) is -0.793. The van der Waals surface area contributed by atoms with Crippen LogP contribution < -0.4 is 10.6 Å². The molecule has 0 bridgehead atoms. The van der Waals surface area contributed by atoms with E-state index in [0.717, 1.165) is 8.78 Å². The fraction of sp³-hybridized carbons (Fsp3) is 0.176. The Labute approximate surface area is 160 Å². The second-order valence-electron chi connectivity index (χ2n) is 5.42. The average molecular weight is 440 g/mol. The molecule has 138 valence electrons. The monoisotopic (exact) mass is 439 g/mol. The Kier molecular flexibility index (Phi) is 6.52. The molecule has 0 aromatic heterocycles. The minimum Gasteiger partial charge on any atom is -0.355 e. The minimum atomic E-state index is -3.78. The number of carbonyl (C=O) groups excluding carboxylic acids is 2. The van der Waals surface area contributed by atoms with Gasteiger partial charge in [0.25, 0.3) is 5.91 Å². The summed E-state index contributed by atoms with van der Waals surface area (Å²) in [6.45, 7) is -0.359. The summed E-state index contributed by atoms with van der Waals surface area (Å²) in [5, 5.41) is 5.09. The van der Waals surface area contributed by atoms with Crippen molar-refractivity contribution in [1.29, 1.82) is 0 Å². The van der Waals surface area contributed by atoms with Crippen LogP contribution in [0.5, 0.6) is 0 Å². The van der Waals surface area contributed by atoms with Gasteiger partial charge in [-0.3, -0.25) is 9.59 Å². The number of likely N-dealkylation sites (N-methyl/N-ethyl adjacent to an activating group) is 1. The molecule has 2 amide bonds. The molecule has 9 heteroatoms. The van der Waals surface area contributed by atoms with Gasteiger partial charge in [-0.15, -0.1) is 0 Å². The van der Waals surface area contributed by atoms with Crippen molar-refractivity contribution >= 4 is 43.5 Å². The lowest BCUT2D eigenvalue weighted by Crippen LogP contribution is -2.35. The van der Waals surface area contributed by atoms with Crippen molar-refractivity contribution in [3.05, 3.63) is 58.6 Å². The number of carbonyl (C=O) groups is 2. The summed E-state index contributed by atoms with van der Waals surface area (Å²) in [7, 11) is -0.940. The van der Waals surface area contributed by atoms with E-state index in [-0.39, 0.29) is 17.3 Å². The maximum Gasteiger partial charge on any atom is 0.251 e. The third-order valence-electron chi connectivity index (χ3n) is 3.52. The molecule has 2 N–H and O–H groups in total. The van der Waals surface area contributed by atoms with Gasteiger partial charge in [-0.05, 0) is 42.5 Å². The number of nitrogens with one attached hydrogen (secondary N) is 2. The number of anilines is 1. The van der Waals surface area contributed by atoms with Crippen molar-refractivity contribution in [2.45, 2.75) is 4.90 Å². The standard InChI is InChI=1S/C17H18BrN3O4S/c1-19-17(23)12-4-3-5-14(10-12)20-16(22)11-21(2)26(24,25)15-8-6-13(18)7-9-15/h3-10H,11H2,1-2H3,(H,19,23)(H,20,22). The molecule has 0 heterocycles. The van der Waals surface area contributed by atoms with Gasteiger partial charge < -0.3 is 10.6 Å². The topological polar surface area (TPSA) is 95.6 Å². The maximum absolute atomic E-state index is 12.5. The van der Waals surface area contributed by atoms with Crippen LogP contribution in [0.4, 0.5) is 5.69 Å². The normalized spacial score (nSPS) is 11.2. The summed E-state index contributed by atoms with van der Waals surface area (Å²) in [6.07, 6.45) is 0. The van der Waals surface area contributed by atoms with Crippen LogP contribution in [0, 0.1) is 0 Å². The zero-order valence-electron chi connectivity index (χ0n) is 14.2. The zero-order valence-corrected chi connectivity index (χ0v) is 16.6. The van der Waals surface area contributed by atoms with Gasteiger partial charge in [0.2, 0.25) is 15.9 Å². The molecule has 0 fully saturated rings. The van der Waals surface area contributed by atoms with Gasteiger partial charge in [0.05, 0.1) is 11.4 Å². The first kappa shape index (κ1) is 20.1. The van der Waals surface area contributed by atoms with Crippen molar-refractivity contribution in [3.63, 3.8) is 0 Å². The van der Waals surface area contributed by atoms with Crippen molar-refractivity contribution in [3.8, 4) is 0 Å². The van der Waals surface area contributed by atoms with Gasteiger partial charge in [0, 0.05) is 29.8 Å². The van der Waals surface area contributed by atoms with Crippen LogP contribution in [-0.4, -0.2) is 45.2 Å². The van der Waals surface area contributed by atoms with Crippen molar-refractivity contribution in [2.24, 2.45) is 0 Å². The van der Waals surface area contributed by atoms with Crippen LogP contribution in [0.3, 0.4) is 0 Å². The summed E-state index contributed by atoms with van der Waals surface area (Å²) < 4.78 is 26.7. The molecule has 0 atom stereocenters. The first-order valence-electron chi connectivity index (χ1n) is 7.58. The number of nitrogens with zero attached hydrogens (tertiary/aromatic N) is 1. The first-order chi connectivity index (χ1) is 12.2. The van der Waals surface area contributed by atoms with Gasteiger partial charge >= 0.3 is 0 Å². The predicted molar refractivity (Wildman–Crippen MR) is 102 cm³/mol. The van der Waals surface area contributed by atoms with Gasteiger partial charge in [0.15, 0.2) is 0 Å². The molecule has 0 radical (unpaired) electrons. The number of sulfonamides is 1. The number of hydrogen-bond donors (Lipinski definition) is 2. The molecule has 26 heavy (non-hydrogen) atoms. The van der Waals surface area contributed by atoms with E-state index < -0.39 is 15.9 Å². The highest BCUT2D eigenvalue weighted by atomic mass is 79.9. The molecular formula is C17H18BrN3O4S. The fourth-order valence-electron chi connectivity index (χ4n) is 2.16. The number of amides is 2. The molecule has 0 aliphatic heterocycles. The Bertz CT molecular complexity index is 914. The molecule has 2 rings (SSSR count). The van der Waals surface area contributed by atoms with Crippen molar-refractivity contribution < 1.29 is 18.0 Å². The van der Waals surface area contributed by atoms with E-state index in [1.165, 1.54) is 32.3 Å². The molecule has 2 aromatic rings. The third kappa shape index (κ3) is 4.90. The Morgan fingerprint density at radius 1 is 1.12 bits per heavy atom. The summed E-state index contributed by atoms with van der Waals surface area (Å²) >= 11 is 3.25. The summed E-state index contributed by atoms with van der Waals surface area (Å²) in [4.78, 5) is 23.9. The second kappa shape index (κ2) is 8.43. The van der Waals surface area contributed by atoms with Crippen LogP contribution >= 0.6 is 15.9 Å². The predicted octanol–water partition coefficient (Wildman–Crippen LogP) is 2.07. The van der Waals surface area contributed by atoms with Crippen molar-refractivity contribution in [2.75, 3.05) is 26.0 Å². The lowest BCUT2D eigenvalue weighted by molar-refractivity contribution is -0.116. The summed E-state index contributed by atoms with van der Waals surface area (Å²) in [6, 6.07) is 12.5. The zero-order chi connectivity index (χ0) is 19.3. The molecule has 0 spiro atoms. The Morgan fingerprint density at radius 3 is 2.38 bits per heavy atom. The van der Waals surface area contributed by atoms with E-state index in [1.807, 2.05) is 0 Å². The van der Waals surface area contributed by atoms with E-state index >= 15 is 0 Å². The molecule has 0 saturated heterocycles. The van der Waals surface area contributed by atoms with E-state index in [9.17, 15) is 18.0 Å². The van der Waals surface area contributed by atoms with Crippen LogP contribution in [0.2, 0.25) is 0 Å². The maximum atomic E-state index is 12.5. The second-order valence-corrected chi connectivity index (χ2v) is 8.38. The van der Waals surface area contributed by atoms with Crippen LogP contribution in [0.1, 0.15) is 10.4 Å². The number of hydrogen-bond acceptors (Lipinski definition) is 4. The average Bonchev–Trinajstić information content (AvgIpc) is 2.61. The van der Waals surface area contributed by atoms with Crippen LogP contribution in [0.15, 0.2) is 57.9 Å². The van der Waals surface area contributed by atoms with E-state index in [4.69, 9.17) is 0 Å². The first-order valence-corrected chi connectivity index (χ1v) is 9.81. The van der Waals surface area contributed by atoms with E-state index in [1.54, 1.807) is 30.3 Å². The number of rotatable bonds is 6. The highest BCUT2D eigenvalue weighted by Crippen LogP contribution is 2.18. The fourth-order valence-corrected chi connectivity index (χ4v) is 3.55. The SMILES string of the molecule is CNC(=O)c1cccc(NC(=O)CN(C)S(=O)(=O)c2ccc(Br)cc2)c1. The van der Waals surface area contributed by atoms with Crippen molar-refractivity contribution in [1.82, 2.24) is 9.62 Å². The molecule has 0 saturated carbocycles. The highest BCUT2D eigenvalue weighted by molar-refractivity contribution is 9.10. The molecule has 7 nitrogen and oxygen atoms in total. The van der Waals surface area contributed by atoms with E-state index in [0.29, 0.717) is 11.3 Å². The Morgan fingerprint density at radius 2 is 1.77 bits per heavy atom. The smallest absolute Gasteiger partial charge is 0.251 e. The minimum absolute atomic E-state index is 0.0950. The lowest BCUT2D eigenvalue weighted by atomic mass is 10.2. The Hall–Kier alpha value is -2.23. The van der Waals surface area contributed by atoms with E-state index in [2.05, 4.69) is 26.6 Å². The van der Waals surface area contributed by atoms with Gasteiger partial charge in [-0.25, -0.2) is 8.42 Å². The Balaban J connectivity index is 2.07. The molecule has 0 unspecified atom stereocenters. The van der Waals surface area contributed by atoms with Crippen LogP contribution in [0.25, 0.3) is 0 Å². The molecule has 2 aromatic carbocycles. The van der Waals surface area contributed by atoms with Gasteiger partial charge in [-0.2, -0.15) is 4.31 Å². The molecular weight excluding hydrogens is 422 g/mol. The quantitative estimate of drug-likeness (QED) is 0.719. The third-order valence-corrected chi connectivity index (χ3v) is 5.87. The largest absolute Gasteiger partial charge is 0.355 e. The molecule has 0 aliphatic rings. The number of benzene rings is 2. The molecule has 0 aliphatic carbocycles. The van der Waals surface area contributed by atoms with Gasteiger partial charge in [0.1, 0.15) is 0 Å². The number of halogens is 1. The summed E-state index contributed by atoms with van der Waals surface area (Å²) in [5.41, 5.74) is 0.798. The van der Waals surface area contributed by atoms with Gasteiger partial charge in [-0.1, -0.05) is 22.0 Å². The lowest BCUT2D eigenvalue weighted by Gasteiger charge is -2.17. The van der Waals surface area contributed by atoms with Crippen LogP contribution in [-0.2, 0) is 14.8 Å². The highest BCUT2D eigenvalue weighted by Gasteiger charge is 2.23.